The van der Waals surface area contributed by atoms with Crippen molar-refractivity contribution < 1.29 is 28.3 Å². The summed E-state index contributed by atoms with van der Waals surface area (Å²) >= 11 is 0. The Hall–Kier alpha value is -4.06. The average molecular weight is 729 g/mol. The van der Waals surface area contributed by atoms with Crippen LogP contribution in [0.3, 0.4) is 0 Å². The van der Waals surface area contributed by atoms with E-state index >= 15 is 4.11 Å². The largest absolute Gasteiger partial charge is 0.394 e. The van der Waals surface area contributed by atoms with Gasteiger partial charge in [-0.2, -0.15) is 0 Å². The third-order valence-corrected chi connectivity index (χ3v) is 13.7. The normalized spacial score (nSPS) is 24.6. The first-order chi connectivity index (χ1) is 24.7. The molecule has 2 aromatic carbocycles. The zero-order chi connectivity index (χ0) is 37.4. The Kier molecular flexibility index (Phi) is 11.0. The van der Waals surface area contributed by atoms with Gasteiger partial charge in [0.15, 0.2) is 5.60 Å². The minimum Gasteiger partial charge on any atom is -0.394 e. The van der Waals surface area contributed by atoms with E-state index < -0.39 is 31.6 Å². The Morgan fingerprint density at radius 3 is 2.65 bits per heavy atom. The number of aliphatic hydroxyl groups is 1. The summed E-state index contributed by atoms with van der Waals surface area (Å²) in [7, 11) is -3.51. The number of nitrogens with one attached hydrogen (secondary N) is 2. The molecule has 4 heterocycles. The van der Waals surface area contributed by atoms with Crippen LogP contribution in [0.15, 0.2) is 72.0 Å². The van der Waals surface area contributed by atoms with Crippen molar-refractivity contribution in [1.29, 1.82) is 0 Å². The molecule has 3 N–H and O–H groups in total. The van der Waals surface area contributed by atoms with Crippen LogP contribution >= 0.6 is 0 Å². The number of carbonyl (C=O) groups is 3. The lowest BCUT2D eigenvalue weighted by atomic mass is 9.82. The Labute approximate surface area is 307 Å². The van der Waals surface area contributed by atoms with Gasteiger partial charge in [0, 0.05) is 52.9 Å². The van der Waals surface area contributed by atoms with Crippen LogP contribution in [0.5, 0.6) is 0 Å². The molecule has 1 aromatic heterocycles. The Bertz CT molecular complexity index is 1890. The van der Waals surface area contributed by atoms with Crippen LogP contribution < -0.4 is 10.2 Å². The van der Waals surface area contributed by atoms with Crippen molar-refractivity contribution in [3.8, 4) is 0 Å². The van der Waals surface area contributed by atoms with E-state index in [1.807, 2.05) is 43.5 Å². The molecule has 0 aliphatic carbocycles. The van der Waals surface area contributed by atoms with Crippen molar-refractivity contribution in [2.75, 3.05) is 29.9 Å². The van der Waals surface area contributed by atoms with Gasteiger partial charge in [0.2, 0.25) is 20.2 Å². The van der Waals surface area contributed by atoms with Crippen LogP contribution in [0, 0.1) is 5.92 Å². The maximum Gasteiger partial charge on any atom is 0.264 e. The van der Waals surface area contributed by atoms with Crippen LogP contribution in [0.2, 0.25) is 18.6 Å². The first kappa shape index (κ1) is 37.7. The van der Waals surface area contributed by atoms with Crippen molar-refractivity contribution in [2.24, 2.45) is 5.92 Å². The van der Waals surface area contributed by atoms with Crippen LogP contribution in [-0.2, 0) is 31.1 Å². The summed E-state index contributed by atoms with van der Waals surface area (Å²) in [6.07, 6.45) is 8.64. The molecule has 2 fully saturated rings. The lowest BCUT2D eigenvalue weighted by molar-refractivity contribution is -0.149. The Morgan fingerprint density at radius 1 is 1.15 bits per heavy atom. The highest BCUT2D eigenvalue weighted by Crippen LogP contribution is 2.60. The van der Waals surface area contributed by atoms with E-state index in [9.17, 15) is 19.5 Å². The van der Waals surface area contributed by atoms with Gasteiger partial charge in [-0.25, -0.2) is 0 Å². The number of likely N-dealkylation sites (tertiary alicyclic amines) is 1. The highest BCUT2D eigenvalue weighted by atomic mass is 28.4. The highest BCUT2D eigenvalue weighted by molar-refractivity contribution is 6.72. The Balaban J connectivity index is 1.34. The Morgan fingerprint density at radius 2 is 1.92 bits per heavy atom. The molecule has 0 unspecified atom stereocenters. The predicted molar refractivity (Wildman–Crippen MR) is 206 cm³/mol. The number of para-hydroxylation sites is 1. The highest BCUT2D eigenvalue weighted by Gasteiger charge is 2.67. The van der Waals surface area contributed by atoms with E-state index in [2.05, 4.69) is 43.2 Å². The zero-order valence-corrected chi connectivity index (χ0v) is 32.3. The standard InChI is InChI=1S/C41H53FN4O5Si/c1-26(2)11-9-12-27(3)18-20-46-35-17-16-30(44-37(48)21-29-24-43-34-15-8-7-14-32(29)34)22-33(35)41(40(46)50)28(4)39(52(5,6)42)36(51-41)23-38(49)45-19-10-13-31(45)25-47/h7-8,11,14-18,22,24,28,31,36,39,43,47H,9-10,12-13,19-21,23,25H2,1-6H3,(H,44,48)/b27-18+/t28-,31+,36+,39-,41+/m1/s1. The molecular weight excluding hydrogens is 676 g/mol. The number of fused-ring (bicyclic) bond motifs is 3. The number of allylic oxidation sites excluding steroid dienone is 3. The van der Waals surface area contributed by atoms with E-state index in [-0.39, 0.29) is 43.2 Å². The summed E-state index contributed by atoms with van der Waals surface area (Å²) in [5, 5.41) is 13.9. The number of hydrogen-bond donors (Lipinski definition) is 3. The minimum atomic E-state index is -3.51. The summed E-state index contributed by atoms with van der Waals surface area (Å²) in [4.78, 5) is 48.6. The zero-order valence-electron chi connectivity index (χ0n) is 31.3. The molecule has 1 spiro atoms. The number of nitrogens with zero attached hydrogens (tertiary/aromatic N) is 2. The van der Waals surface area contributed by atoms with Gasteiger partial charge in [-0.1, -0.05) is 48.4 Å². The molecule has 0 radical (unpaired) electrons. The first-order valence-electron chi connectivity index (χ1n) is 18.6. The van der Waals surface area contributed by atoms with Crippen LogP contribution in [0.25, 0.3) is 10.9 Å². The van der Waals surface area contributed by atoms with Crippen molar-refractivity contribution in [1.82, 2.24) is 9.88 Å². The third-order valence-electron chi connectivity index (χ3n) is 11.3. The fourth-order valence-electron chi connectivity index (χ4n) is 8.74. The number of halogens is 1. The number of rotatable bonds is 12. The lowest BCUT2D eigenvalue weighted by Gasteiger charge is -2.31. The number of carbonyl (C=O) groups excluding carboxylic acids is 3. The second-order valence-corrected chi connectivity index (χ2v) is 19.4. The van der Waals surface area contributed by atoms with Crippen molar-refractivity contribution in [2.45, 2.75) is 103 Å². The van der Waals surface area contributed by atoms with Gasteiger partial charge >= 0.3 is 0 Å². The van der Waals surface area contributed by atoms with E-state index in [1.165, 1.54) is 5.57 Å². The smallest absolute Gasteiger partial charge is 0.264 e. The molecule has 278 valence electrons. The van der Waals surface area contributed by atoms with Gasteiger partial charge in [-0.3, -0.25) is 14.4 Å². The van der Waals surface area contributed by atoms with E-state index in [0.717, 1.165) is 47.7 Å². The van der Waals surface area contributed by atoms with Gasteiger partial charge in [-0.15, -0.1) is 0 Å². The summed E-state index contributed by atoms with van der Waals surface area (Å²) in [6, 6.07) is 13.0. The number of ether oxygens (including phenoxy) is 1. The molecule has 0 bridgehead atoms. The summed E-state index contributed by atoms with van der Waals surface area (Å²) in [5.74, 6) is -1.26. The van der Waals surface area contributed by atoms with Gasteiger partial charge in [0.05, 0.1) is 37.3 Å². The SMILES string of the molecule is CC(C)=CCC/C(C)=C/CN1C(=O)[C@@]2(O[C@@H](CC(=O)N3CCC[C@H]3CO)[C@H]([Si](C)(C)F)[C@H]2C)c2cc(NC(=O)Cc3c[nH]c4ccccc34)ccc21. The fourth-order valence-corrected chi connectivity index (χ4v) is 11.2. The molecule has 3 amide bonds. The molecule has 3 aliphatic rings. The third kappa shape index (κ3) is 7.27. The number of hydrogen-bond acceptors (Lipinski definition) is 5. The number of benzene rings is 2. The number of amides is 3. The number of aliphatic hydroxyl groups excluding tert-OH is 1. The second-order valence-electron chi connectivity index (χ2n) is 15.6. The molecule has 3 aromatic rings. The molecule has 3 aliphatic heterocycles. The quantitative estimate of drug-likeness (QED) is 0.101. The monoisotopic (exact) mass is 728 g/mol. The second kappa shape index (κ2) is 15.1. The minimum absolute atomic E-state index is 0.0688. The fraction of sp³-hybridized carbons (Fsp3) is 0.488. The maximum atomic E-state index is 16.5. The van der Waals surface area contributed by atoms with Gasteiger partial charge < -0.3 is 34.1 Å². The summed E-state index contributed by atoms with van der Waals surface area (Å²) < 4.78 is 23.3. The maximum absolute atomic E-state index is 16.5. The molecule has 52 heavy (non-hydrogen) atoms. The summed E-state index contributed by atoms with van der Waals surface area (Å²) in [6.45, 7) is 12.1. The van der Waals surface area contributed by atoms with E-state index in [1.54, 1.807) is 35.0 Å². The molecule has 6 rings (SSSR count). The number of anilines is 2. The van der Waals surface area contributed by atoms with Gasteiger partial charge in [-0.05, 0) is 89.4 Å². The molecule has 0 saturated carbocycles. The number of aromatic nitrogens is 1. The first-order valence-corrected chi connectivity index (χ1v) is 21.6. The van der Waals surface area contributed by atoms with Gasteiger partial charge in [0.25, 0.3) is 5.91 Å². The number of aromatic amines is 1. The van der Waals surface area contributed by atoms with Crippen LogP contribution in [0.4, 0.5) is 15.5 Å². The van der Waals surface area contributed by atoms with E-state index in [0.29, 0.717) is 30.0 Å². The van der Waals surface area contributed by atoms with Crippen molar-refractivity contribution >= 4 is 48.4 Å². The van der Waals surface area contributed by atoms with E-state index in [4.69, 9.17) is 4.74 Å². The lowest BCUT2D eigenvalue weighted by Crippen LogP contribution is -2.45. The van der Waals surface area contributed by atoms with Gasteiger partial charge in [0.1, 0.15) is 0 Å². The topological polar surface area (TPSA) is 115 Å². The predicted octanol–water partition coefficient (Wildman–Crippen LogP) is 7.54. The van der Waals surface area contributed by atoms with Crippen LogP contribution in [-0.4, -0.2) is 73.0 Å². The van der Waals surface area contributed by atoms with Crippen molar-refractivity contribution in [3.05, 3.63) is 83.1 Å². The van der Waals surface area contributed by atoms with Crippen molar-refractivity contribution in [3.63, 3.8) is 0 Å². The molecule has 5 atom stereocenters. The molecule has 9 nitrogen and oxygen atoms in total. The summed E-state index contributed by atoms with van der Waals surface area (Å²) in [5.41, 5.74) is 3.80. The average Bonchev–Trinajstić information content (AvgIpc) is 3.84. The number of H-pyrrole nitrogens is 1. The van der Waals surface area contributed by atoms with Crippen LogP contribution in [0.1, 0.15) is 70.9 Å². The molecule has 2 saturated heterocycles. The molecule has 11 heteroatoms. The molecular formula is C41H53FN4O5Si.